The van der Waals surface area contributed by atoms with Crippen LogP contribution in [0.25, 0.3) is 10.9 Å². The molecule has 1 aromatic carbocycles. The van der Waals surface area contributed by atoms with Crippen molar-refractivity contribution < 1.29 is 8.42 Å². The van der Waals surface area contributed by atoms with E-state index in [-0.39, 0.29) is 0 Å². The van der Waals surface area contributed by atoms with Crippen molar-refractivity contribution in [2.75, 3.05) is 12.8 Å². The topological polar surface area (TPSA) is 59.1 Å². The van der Waals surface area contributed by atoms with Gasteiger partial charge in [-0.2, -0.15) is 0 Å². The van der Waals surface area contributed by atoms with Gasteiger partial charge in [0.2, 0.25) is 0 Å². The van der Waals surface area contributed by atoms with Crippen molar-refractivity contribution in [1.29, 1.82) is 0 Å². The number of benzene rings is 1. The molecular formula is C15H20N2O2S. The molecule has 5 heteroatoms. The fraction of sp³-hybridized carbons (Fsp3) is 0.400. The van der Waals surface area contributed by atoms with Gasteiger partial charge in [-0.25, -0.2) is 8.42 Å². The van der Waals surface area contributed by atoms with Gasteiger partial charge in [0.05, 0.1) is 16.0 Å². The molecule has 4 nitrogen and oxygen atoms in total. The summed E-state index contributed by atoms with van der Waals surface area (Å²) >= 11 is 0. The number of aromatic nitrogens is 1. The van der Waals surface area contributed by atoms with Crippen molar-refractivity contribution in [2.45, 2.75) is 25.1 Å². The lowest BCUT2D eigenvalue weighted by molar-refractivity contribution is 0.520. The minimum absolute atomic E-state index is 0.403. The van der Waals surface area contributed by atoms with Crippen LogP contribution in [0.5, 0.6) is 0 Å². The molecule has 0 unspecified atom stereocenters. The molecule has 0 aliphatic carbocycles. The van der Waals surface area contributed by atoms with Crippen LogP contribution < -0.4 is 5.32 Å². The molecule has 0 amide bonds. The number of rotatable bonds is 5. The Balaban J connectivity index is 2.03. The van der Waals surface area contributed by atoms with Gasteiger partial charge in [0.15, 0.2) is 9.84 Å². The van der Waals surface area contributed by atoms with Crippen LogP contribution in [-0.4, -0.2) is 30.9 Å². The first kappa shape index (κ1) is 14.9. The summed E-state index contributed by atoms with van der Waals surface area (Å²) in [6.07, 6.45) is 1.27. The number of fused-ring (bicyclic) bond motifs is 1. The molecule has 0 saturated heterocycles. The van der Waals surface area contributed by atoms with Crippen LogP contribution in [0.2, 0.25) is 0 Å². The second-order valence-corrected chi connectivity index (χ2v) is 8.28. The van der Waals surface area contributed by atoms with E-state index in [1.165, 1.54) is 6.26 Å². The largest absolute Gasteiger partial charge is 0.310 e. The zero-order valence-electron chi connectivity index (χ0n) is 12.1. The fourth-order valence-corrected chi connectivity index (χ4v) is 2.19. The second-order valence-electron chi connectivity index (χ2n) is 5.63. The highest BCUT2D eigenvalue weighted by atomic mass is 32.2. The van der Waals surface area contributed by atoms with Gasteiger partial charge in [-0.1, -0.05) is 24.3 Å². The molecule has 0 spiro atoms. The van der Waals surface area contributed by atoms with Crippen molar-refractivity contribution in [3.8, 4) is 0 Å². The number of para-hydroxylation sites is 1. The molecule has 20 heavy (non-hydrogen) atoms. The lowest BCUT2D eigenvalue weighted by Crippen LogP contribution is -2.41. The van der Waals surface area contributed by atoms with E-state index < -0.39 is 14.6 Å². The lowest BCUT2D eigenvalue weighted by Gasteiger charge is -2.22. The molecular weight excluding hydrogens is 272 g/mol. The summed E-state index contributed by atoms with van der Waals surface area (Å²) < 4.78 is 22.5. The van der Waals surface area contributed by atoms with Crippen molar-refractivity contribution in [2.24, 2.45) is 0 Å². The van der Waals surface area contributed by atoms with E-state index in [4.69, 9.17) is 0 Å². The predicted molar refractivity (Wildman–Crippen MR) is 82.4 cm³/mol. The van der Waals surface area contributed by atoms with Gasteiger partial charge < -0.3 is 5.32 Å². The smallest absolute Gasteiger partial charge is 0.153 e. The van der Waals surface area contributed by atoms with Gasteiger partial charge in [-0.3, -0.25) is 4.98 Å². The standard InChI is InChI=1S/C15H20N2O2S/c1-15(2,20(3,18)19)11-16-10-13-9-8-12-6-4-5-7-14(12)17-13/h4-9,16H,10-11H2,1-3H3. The Labute approximate surface area is 120 Å². The highest BCUT2D eigenvalue weighted by molar-refractivity contribution is 7.92. The number of hydrogen-bond donors (Lipinski definition) is 1. The van der Waals surface area contributed by atoms with Gasteiger partial charge in [0.1, 0.15) is 0 Å². The monoisotopic (exact) mass is 292 g/mol. The van der Waals surface area contributed by atoms with E-state index in [0.29, 0.717) is 13.1 Å². The Morgan fingerprint density at radius 2 is 1.85 bits per heavy atom. The molecule has 2 rings (SSSR count). The highest BCUT2D eigenvalue weighted by Gasteiger charge is 2.29. The normalized spacial score (nSPS) is 12.8. The molecule has 1 N–H and O–H groups in total. The van der Waals surface area contributed by atoms with Crippen molar-refractivity contribution in [1.82, 2.24) is 10.3 Å². The van der Waals surface area contributed by atoms with Crippen LogP contribution in [-0.2, 0) is 16.4 Å². The second kappa shape index (κ2) is 5.50. The molecule has 1 aromatic heterocycles. The fourth-order valence-electron chi connectivity index (χ4n) is 1.83. The maximum absolute atomic E-state index is 11.6. The average Bonchev–Trinajstić information content (AvgIpc) is 2.37. The number of nitrogens with one attached hydrogen (secondary N) is 1. The third-order valence-corrected chi connectivity index (χ3v) is 5.67. The quantitative estimate of drug-likeness (QED) is 0.917. The summed E-state index contributed by atoms with van der Waals surface area (Å²) in [5.74, 6) is 0. The SMILES string of the molecule is CC(C)(CNCc1ccc2ccccc2n1)S(C)(=O)=O. The first-order valence-electron chi connectivity index (χ1n) is 6.55. The van der Waals surface area contributed by atoms with Crippen LogP contribution in [0.15, 0.2) is 36.4 Å². The minimum atomic E-state index is -3.07. The number of pyridine rings is 1. The van der Waals surface area contributed by atoms with E-state index in [9.17, 15) is 8.42 Å². The minimum Gasteiger partial charge on any atom is -0.310 e. The van der Waals surface area contributed by atoms with Gasteiger partial charge in [-0.15, -0.1) is 0 Å². The van der Waals surface area contributed by atoms with Crippen molar-refractivity contribution >= 4 is 20.7 Å². The molecule has 0 saturated carbocycles. The third-order valence-electron chi connectivity index (χ3n) is 3.52. The zero-order chi connectivity index (χ0) is 14.8. The Morgan fingerprint density at radius 3 is 2.55 bits per heavy atom. The maximum Gasteiger partial charge on any atom is 0.153 e. The Bertz CT molecular complexity index is 709. The van der Waals surface area contributed by atoms with Crippen LogP contribution in [0.1, 0.15) is 19.5 Å². The average molecular weight is 292 g/mol. The number of sulfone groups is 1. The van der Waals surface area contributed by atoms with Gasteiger partial charge in [0, 0.05) is 24.7 Å². The number of hydrogen-bond acceptors (Lipinski definition) is 4. The number of nitrogens with zero attached hydrogens (tertiary/aromatic N) is 1. The first-order valence-corrected chi connectivity index (χ1v) is 8.44. The molecule has 0 atom stereocenters. The third kappa shape index (κ3) is 3.35. The van der Waals surface area contributed by atoms with Gasteiger partial charge in [0.25, 0.3) is 0 Å². The van der Waals surface area contributed by atoms with Crippen LogP contribution in [0.4, 0.5) is 0 Å². The van der Waals surface area contributed by atoms with Crippen LogP contribution >= 0.6 is 0 Å². The maximum atomic E-state index is 11.6. The Morgan fingerprint density at radius 1 is 1.15 bits per heavy atom. The molecule has 0 bridgehead atoms. The Kier molecular flexibility index (Phi) is 4.11. The summed E-state index contributed by atoms with van der Waals surface area (Å²) in [5.41, 5.74) is 1.86. The van der Waals surface area contributed by atoms with Gasteiger partial charge in [-0.05, 0) is 26.0 Å². The molecule has 2 aromatic rings. The van der Waals surface area contributed by atoms with Crippen molar-refractivity contribution in [3.63, 3.8) is 0 Å². The molecule has 0 fully saturated rings. The molecule has 0 aliphatic heterocycles. The predicted octanol–water partition coefficient (Wildman–Crippen LogP) is 2.15. The Hall–Kier alpha value is -1.46. The lowest BCUT2D eigenvalue weighted by atomic mass is 10.2. The van der Waals surface area contributed by atoms with Crippen molar-refractivity contribution in [3.05, 3.63) is 42.1 Å². The summed E-state index contributed by atoms with van der Waals surface area (Å²) in [6.45, 7) is 4.41. The summed E-state index contributed by atoms with van der Waals surface area (Å²) in [4.78, 5) is 4.55. The summed E-state index contributed by atoms with van der Waals surface area (Å²) in [6, 6.07) is 11.9. The molecule has 0 aliphatic rings. The zero-order valence-corrected chi connectivity index (χ0v) is 12.9. The first-order chi connectivity index (χ1) is 9.29. The molecule has 108 valence electrons. The summed E-state index contributed by atoms with van der Waals surface area (Å²) in [7, 11) is -3.07. The van der Waals surface area contributed by atoms with E-state index in [1.54, 1.807) is 13.8 Å². The van der Waals surface area contributed by atoms with E-state index in [1.807, 2.05) is 36.4 Å². The molecule has 0 radical (unpaired) electrons. The van der Waals surface area contributed by atoms with Gasteiger partial charge >= 0.3 is 0 Å². The van der Waals surface area contributed by atoms with E-state index >= 15 is 0 Å². The molecule has 1 heterocycles. The highest BCUT2D eigenvalue weighted by Crippen LogP contribution is 2.14. The van der Waals surface area contributed by atoms with Crippen LogP contribution in [0.3, 0.4) is 0 Å². The van der Waals surface area contributed by atoms with Crippen LogP contribution in [0, 0.1) is 0 Å². The van der Waals surface area contributed by atoms with E-state index in [2.05, 4.69) is 10.3 Å². The van der Waals surface area contributed by atoms with E-state index in [0.717, 1.165) is 16.6 Å². The summed E-state index contributed by atoms with van der Waals surface area (Å²) in [5, 5.41) is 4.28.